The van der Waals surface area contributed by atoms with Crippen LogP contribution in [0, 0.1) is 13.8 Å². The van der Waals surface area contributed by atoms with Gasteiger partial charge in [-0.25, -0.2) is 0 Å². The number of nitrogens with zero attached hydrogens (tertiary/aromatic N) is 2. The number of rotatable bonds is 11. The molecule has 370 valence electrons. The van der Waals surface area contributed by atoms with Crippen LogP contribution in [0.3, 0.4) is 0 Å². The molecule has 14 rings (SSSR count). The van der Waals surface area contributed by atoms with E-state index >= 15 is 0 Å². The maximum absolute atomic E-state index is 6.50. The Morgan fingerprint density at radius 1 is 0.231 bits per heavy atom. The van der Waals surface area contributed by atoms with E-state index in [1.165, 1.54) is 33.4 Å². The van der Waals surface area contributed by atoms with E-state index in [1.807, 2.05) is 0 Å². The van der Waals surface area contributed by atoms with Gasteiger partial charge in [0.15, 0.2) is 0 Å². The highest BCUT2D eigenvalue weighted by molar-refractivity contribution is 6.10. The van der Waals surface area contributed by atoms with Crippen LogP contribution in [-0.4, -0.2) is 0 Å². The Bertz CT molecular complexity index is 4230. The number of furan rings is 2. The molecule has 12 aromatic carbocycles. The number of para-hydroxylation sites is 2. The van der Waals surface area contributed by atoms with Gasteiger partial charge in [-0.15, -0.1) is 0 Å². The minimum Gasteiger partial charge on any atom is -0.456 e. The summed E-state index contributed by atoms with van der Waals surface area (Å²) in [7, 11) is 0. The van der Waals surface area contributed by atoms with Gasteiger partial charge < -0.3 is 18.6 Å². The molecule has 2 heterocycles. The summed E-state index contributed by atoms with van der Waals surface area (Å²) < 4.78 is 13.0. The molecular weight excluding hydrogens is 949 g/mol. The third kappa shape index (κ3) is 8.37. The molecule has 0 amide bonds. The molecule has 0 saturated heterocycles. The van der Waals surface area contributed by atoms with E-state index in [1.54, 1.807) is 0 Å². The van der Waals surface area contributed by atoms with Crippen LogP contribution in [-0.2, 0) is 0 Å². The molecule has 4 heteroatoms. The van der Waals surface area contributed by atoms with Gasteiger partial charge in [0.1, 0.15) is 22.3 Å². The van der Waals surface area contributed by atoms with Crippen molar-refractivity contribution in [2.24, 2.45) is 0 Å². The minimum atomic E-state index is 0.857. The zero-order valence-electron chi connectivity index (χ0n) is 43.3. The van der Waals surface area contributed by atoms with Crippen molar-refractivity contribution in [2.45, 2.75) is 13.8 Å². The van der Waals surface area contributed by atoms with Gasteiger partial charge in [0.2, 0.25) is 0 Å². The Hall–Kier alpha value is -10.2. The third-order valence-corrected chi connectivity index (χ3v) is 15.3. The van der Waals surface area contributed by atoms with Crippen LogP contribution in [0.1, 0.15) is 11.1 Å². The van der Waals surface area contributed by atoms with Crippen molar-refractivity contribution in [1.29, 1.82) is 0 Å². The lowest BCUT2D eigenvalue weighted by Gasteiger charge is -2.29. The van der Waals surface area contributed by atoms with Crippen LogP contribution < -0.4 is 9.80 Å². The van der Waals surface area contributed by atoms with Crippen LogP contribution in [0.25, 0.3) is 99.5 Å². The van der Waals surface area contributed by atoms with Crippen LogP contribution in [0.15, 0.2) is 288 Å². The zero-order chi connectivity index (χ0) is 52.1. The molecule has 4 nitrogen and oxygen atoms in total. The SMILES string of the molecule is Cc1cc(N(c2ccc3oc4ccc(-c5ccccc5)cc4c3c2)c2ccccc2-c2ccccc2)ccc1-c1ccc(N(c2ccc3oc4ccc(-c5ccccc5)cc4c3c2)c2ccccc2-c2ccccc2)cc1C. The minimum absolute atomic E-state index is 0.857. The van der Waals surface area contributed by atoms with Crippen molar-refractivity contribution in [2.75, 3.05) is 9.80 Å². The Labute approximate surface area is 454 Å². The largest absolute Gasteiger partial charge is 0.456 e. The molecular formula is C74H52N2O2. The summed E-state index contributed by atoms with van der Waals surface area (Å²) in [6.45, 7) is 4.48. The summed E-state index contributed by atoms with van der Waals surface area (Å²) in [6, 6.07) is 99.9. The van der Waals surface area contributed by atoms with Gasteiger partial charge in [-0.2, -0.15) is 0 Å². The van der Waals surface area contributed by atoms with E-state index in [0.29, 0.717) is 0 Å². The van der Waals surface area contributed by atoms with Crippen molar-refractivity contribution in [3.63, 3.8) is 0 Å². The Morgan fingerprint density at radius 3 is 0.923 bits per heavy atom. The molecule has 14 aromatic rings. The second-order valence-electron chi connectivity index (χ2n) is 20.2. The van der Waals surface area contributed by atoms with Crippen molar-refractivity contribution in [3.05, 3.63) is 290 Å². The molecule has 0 spiro atoms. The fraction of sp³-hybridized carbons (Fsp3) is 0.0270. The highest BCUT2D eigenvalue weighted by atomic mass is 16.3. The average Bonchev–Trinajstić information content (AvgIpc) is 4.15. The first-order valence-corrected chi connectivity index (χ1v) is 26.6. The van der Waals surface area contributed by atoms with Gasteiger partial charge in [0, 0.05) is 55.4 Å². The molecule has 78 heavy (non-hydrogen) atoms. The summed E-state index contributed by atoms with van der Waals surface area (Å²) in [6.07, 6.45) is 0. The monoisotopic (exact) mass is 1000 g/mol. The van der Waals surface area contributed by atoms with Gasteiger partial charge in [-0.1, -0.05) is 182 Å². The fourth-order valence-electron chi connectivity index (χ4n) is 11.5. The Balaban J connectivity index is 0.884. The second-order valence-corrected chi connectivity index (χ2v) is 20.2. The van der Waals surface area contributed by atoms with Gasteiger partial charge in [-0.05, 0) is 167 Å². The number of hydrogen-bond donors (Lipinski definition) is 0. The predicted octanol–water partition coefficient (Wildman–Crippen LogP) is 21.4. The van der Waals surface area contributed by atoms with Crippen LogP contribution >= 0.6 is 0 Å². The molecule has 2 aromatic heterocycles. The molecule has 0 aliphatic carbocycles. The average molecular weight is 1000 g/mol. The fourth-order valence-corrected chi connectivity index (χ4v) is 11.5. The molecule has 0 saturated carbocycles. The van der Waals surface area contributed by atoms with Gasteiger partial charge >= 0.3 is 0 Å². The van der Waals surface area contributed by atoms with Gasteiger partial charge in [0.05, 0.1) is 11.4 Å². The molecule has 0 atom stereocenters. The Morgan fingerprint density at radius 2 is 0.538 bits per heavy atom. The lowest BCUT2D eigenvalue weighted by Crippen LogP contribution is -2.12. The van der Waals surface area contributed by atoms with Crippen LogP contribution in [0.5, 0.6) is 0 Å². The molecule has 0 aliphatic heterocycles. The molecule has 0 N–H and O–H groups in total. The number of benzene rings is 12. The van der Waals surface area contributed by atoms with Gasteiger partial charge in [-0.3, -0.25) is 0 Å². The van der Waals surface area contributed by atoms with Crippen molar-refractivity contribution in [3.8, 4) is 55.6 Å². The lowest BCUT2D eigenvalue weighted by molar-refractivity contribution is 0.668. The summed E-state index contributed by atoms with van der Waals surface area (Å²) in [5.41, 5.74) is 23.8. The summed E-state index contributed by atoms with van der Waals surface area (Å²) in [5, 5.41) is 4.32. The standard InChI is InChI=1S/C74H52N2O2/c1-49-43-57(75(69-29-17-15-27-63(69)53-23-11-5-12-24-53)59-35-41-73-67(47-59)65-45-55(31-39-71(65)77-73)51-19-7-3-8-20-51)33-37-61(49)62-38-34-58(44-50(62)2)76(70-30-18-16-28-64(70)54-25-13-6-14-26-54)60-36-42-74-68(48-60)66-46-56(32-40-72(66)78-74)52-21-9-4-10-22-52/h3-48H,1-2H3. The quantitative estimate of drug-likeness (QED) is 0.129. The molecule has 0 radical (unpaired) electrons. The summed E-state index contributed by atoms with van der Waals surface area (Å²) >= 11 is 0. The Kier molecular flexibility index (Phi) is 11.6. The smallest absolute Gasteiger partial charge is 0.135 e. The molecule has 0 aliphatic rings. The third-order valence-electron chi connectivity index (χ3n) is 15.3. The first kappa shape index (κ1) is 46.4. The topological polar surface area (TPSA) is 32.8 Å². The lowest BCUT2D eigenvalue weighted by atomic mass is 9.94. The first-order chi connectivity index (χ1) is 38.5. The van der Waals surface area contributed by atoms with E-state index in [4.69, 9.17) is 8.83 Å². The number of hydrogen-bond acceptors (Lipinski definition) is 4. The maximum atomic E-state index is 6.50. The predicted molar refractivity (Wildman–Crippen MR) is 327 cm³/mol. The van der Waals surface area contributed by atoms with Gasteiger partial charge in [0.25, 0.3) is 0 Å². The van der Waals surface area contributed by atoms with E-state index in [9.17, 15) is 0 Å². The van der Waals surface area contributed by atoms with Crippen LogP contribution in [0.4, 0.5) is 34.1 Å². The highest BCUT2D eigenvalue weighted by Gasteiger charge is 2.23. The zero-order valence-corrected chi connectivity index (χ0v) is 43.3. The van der Waals surface area contributed by atoms with Crippen molar-refractivity contribution >= 4 is 78.0 Å². The number of aryl methyl sites for hydroxylation is 2. The number of anilines is 6. The summed E-state index contributed by atoms with van der Waals surface area (Å²) in [5.74, 6) is 0. The van der Waals surface area contributed by atoms with Crippen molar-refractivity contribution < 1.29 is 8.83 Å². The molecule has 0 bridgehead atoms. The van der Waals surface area contributed by atoms with E-state index in [-0.39, 0.29) is 0 Å². The van der Waals surface area contributed by atoms with Crippen LogP contribution in [0.2, 0.25) is 0 Å². The first-order valence-electron chi connectivity index (χ1n) is 26.6. The highest BCUT2D eigenvalue weighted by Crippen LogP contribution is 2.47. The second kappa shape index (κ2) is 19.5. The number of fused-ring (bicyclic) bond motifs is 6. The van der Waals surface area contributed by atoms with E-state index < -0.39 is 0 Å². The maximum Gasteiger partial charge on any atom is 0.135 e. The van der Waals surface area contributed by atoms with E-state index in [0.717, 1.165) is 111 Å². The molecule has 0 fully saturated rings. The normalized spacial score (nSPS) is 11.5. The van der Waals surface area contributed by atoms with E-state index in [2.05, 4.69) is 303 Å². The van der Waals surface area contributed by atoms with Crippen molar-refractivity contribution in [1.82, 2.24) is 0 Å². The molecule has 0 unspecified atom stereocenters. The summed E-state index contributed by atoms with van der Waals surface area (Å²) in [4.78, 5) is 4.80.